The summed E-state index contributed by atoms with van der Waals surface area (Å²) >= 11 is 0. The molecule has 0 radical (unpaired) electrons. The Morgan fingerprint density at radius 3 is 1.97 bits per heavy atom. The highest BCUT2D eigenvalue weighted by Crippen LogP contribution is 2.41. The van der Waals surface area contributed by atoms with Gasteiger partial charge in [-0.05, 0) is 48.4 Å². The van der Waals surface area contributed by atoms with E-state index in [0.717, 1.165) is 18.2 Å². The average Bonchev–Trinajstić information content (AvgIpc) is 3.12. The fraction of sp³-hybridized carbons (Fsp3) is 0.269. The molecule has 39 heavy (non-hydrogen) atoms. The molecule has 3 aromatic carbocycles. The van der Waals surface area contributed by atoms with E-state index in [1.54, 1.807) is 6.07 Å². The summed E-state index contributed by atoms with van der Waals surface area (Å²) in [5, 5.41) is 13.7. The quantitative estimate of drug-likeness (QED) is 0.338. The maximum atomic E-state index is 14.5. The van der Waals surface area contributed by atoms with Gasteiger partial charge in [0.1, 0.15) is 22.9 Å². The summed E-state index contributed by atoms with van der Waals surface area (Å²) in [6.45, 7) is 0.487. The summed E-state index contributed by atoms with van der Waals surface area (Å²) in [7, 11) is 0. The Morgan fingerprint density at radius 1 is 0.923 bits per heavy atom. The van der Waals surface area contributed by atoms with Crippen molar-refractivity contribution < 1.29 is 49.8 Å². The predicted octanol–water partition coefficient (Wildman–Crippen LogP) is 6.52. The number of hydrogen-bond acceptors (Lipinski definition) is 3. The molecule has 0 spiro atoms. The molecule has 208 valence electrons. The summed E-state index contributed by atoms with van der Waals surface area (Å²) < 4.78 is 115. The second-order valence-corrected chi connectivity index (χ2v) is 8.87. The molecule has 1 unspecified atom stereocenters. The number of carbonyl (C=O) groups excluding carboxylic acids is 1. The van der Waals surface area contributed by atoms with Gasteiger partial charge in [0, 0.05) is 0 Å². The molecular weight excluding hydrogens is 540 g/mol. The van der Waals surface area contributed by atoms with Crippen LogP contribution in [0.4, 0.5) is 45.6 Å². The fourth-order valence-electron chi connectivity index (χ4n) is 4.31. The smallest absolute Gasteiger partial charge is 0.371 e. The molecular formula is C26H20F8N2O3. The molecule has 4 rings (SSSR count). The van der Waals surface area contributed by atoms with Crippen molar-refractivity contribution in [2.45, 2.75) is 37.1 Å². The Kier molecular flexibility index (Phi) is 7.34. The molecule has 1 fully saturated rings. The number of ether oxygens (including phenoxy) is 1. The first kappa shape index (κ1) is 28.3. The van der Waals surface area contributed by atoms with Gasteiger partial charge in [0.05, 0.1) is 23.8 Å². The SMILES string of the molecule is C[C@@H](OC[C@]1(c2ccccc2)NC(=O)N(c2c(F)cccc2F)C1O)c1cc(C(F)(F)F)cc(C(F)(F)F)c1. The minimum absolute atomic E-state index is 0.0243. The molecule has 1 saturated heterocycles. The van der Waals surface area contributed by atoms with Crippen LogP contribution in [-0.2, 0) is 22.6 Å². The highest BCUT2D eigenvalue weighted by Gasteiger charge is 2.54. The van der Waals surface area contributed by atoms with E-state index in [0.29, 0.717) is 17.0 Å². The van der Waals surface area contributed by atoms with Gasteiger partial charge in [-0.15, -0.1) is 0 Å². The third-order valence-electron chi connectivity index (χ3n) is 6.34. The zero-order valence-corrected chi connectivity index (χ0v) is 19.9. The number of aliphatic hydroxyl groups is 1. The first-order valence-electron chi connectivity index (χ1n) is 11.3. The van der Waals surface area contributed by atoms with Gasteiger partial charge < -0.3 is 15.2 Å². The van der Waals surface area contributed by atoms with Crippen molar-refractivity contribution in [2.24, 2.45) is 0 Å². The van der Waals surface area contributed by atoms with Gasteiger partial charge in [0.2, 0.25) is 0 Å². The minimum atomic E-state index is -5.08. The van der Waals surface area contributed by atoms with Crippen LogP contribution in [0.5, 0.6) is 0 Å². The van der Waals surface area contributed by atoms with E-state index in [1.165, 1.54) is 31.2 Å². The van der Waals surface area contributed by atoms with Gasteiger partial charge in [0.15, 0.2) is 6.23 Å². The number of halogens is 8. The zero-order chi connectivity index (χ0) is 28.8. The lowest BCUT2D eigenvalue weighted by Gasteiger charge is -2.34. The number of nitrogens with zero attached hydrogens (tertiary/aromatic N) is 1. The number of carbonyl (C=O) groups is 1. The van der Waals surface area contributed by atoms with E-state index in [9.17, 15) is 45.0 Å². The Hall–Kier alpha value is -3.71. The van der Waals surface area contributed by atoms with Crippen LogP contribution in [0.15, 0.2) is 66.7 Å². The number of amides is 2. The second kappa shape index (κ2) is 10.1. The van der Waals surface area contributed by atoms with Crippen LogP contribution in [0.2, 0.25) is 0 Å². The number of hydrogen-bond donors (Lipinski definition) is 2. The number of nitrogens with one attached hydrogen (secondary N) is 1. The molecule has 3 aromatic rings. The Morgan fingerprint density at radius 2 is 1.46 bits per heavy atom. The molecule has 2 N–H and O–H groups in total. The van der Waals surface area contributed by atoms with E-state index >= 15 is 0 Å². The van der Waals surface area contributed by atoms with E-state index < -0.39 is 76.9 Å². The largest absolute Gasteiger partial charge is 0.416 e. The lowest BCUT2D eigenvalue weighted by Crippen LogP contribution is -2.51. The van der Waals surface area contributed by atoms with Gasteiger partial charge in [-0.25, -0.2) is 13.6 Å². The number of anilines is 1. The van der Waals surface area contributed by atoms with Gasteiger partial charge >= 0.3 is 18.4 Å². The topological polar surface area (TPSA) is 61.8 Å². The zero-order valence-electron chi connectivity index (χ0n) is 19.9. The van der Waals surface area contributed by atoms with Crippen molar-refractivity contribution in [1.29, 1.82) is 0 Å². The third kappa shape index (κ3) is 5.41. The molecule has 0 bridgehead atoms. The van der Waals surface area contributed by atoms with E-state index in [-0.39, 0.29) is 11.6 Å². The lowest BCUT2D eigenvalue weighted by atomic mass is 9.89. The fourth-order valence-corrected chi connectivity index (χ4v) is 4.31. The normalized spacial score (nSPS) is 20.7. The van der Waals surface area contributed by atoms with E-state index in [1.807, 2.05) is 0 Å². The summed E-state index contributed by atoms with van der Waals surface area (Å²) in [5.41, 5.74) is -6.16. The first-order valence-corrected chi connectivity index (χ1v) is 11.3. The van der Waals surface area contributed by atoms with Crippen molar-refractivity contribution >= 4 is 11.7 Å². The highest BCUT2D eigenvalue weighted by molar-refractivity contribution is 5.96. The molecule has 1 heterocycles. The lowest BCUT2D eigenvalue weighted by molar-refractivity contribution is -0.143. The van der Waals surface area contributed by atoms with Crippen LogP contribution in [-0.4, -0.2) is 24.0 Å². The number of para-hydroxylation sites is 1. The molecule has 1 aliphatic rings. The van der Waals surface area contributed by atoms with Crippen molar-refractivity contribution in [3.63, 3.8) is 0 Å². The summed E-state index contributed by atoms with van der Waals surface area (Å²) in [5.74, 6) is -2.32. The number of alkyl halides is 6. The Bertz CT molecular complexity index is 1310. The van der Waals surface area contributed by atoms with Gasteiger partial charge in [-0.1, -0.05) is 36.4 Å². The minimum Gasteiger partial charge on any atom is -0.371 e. The van der Waals surface area contributed by atoms with Crippen LogP contribution in [0.1, 0.15) is 35.3 Å². The summed E-state index contributed by atoms with van der Waals surface area (Å²) in [4.78, 5) is 13.3. The maximum Gasteiger partial charge on any atom is 0.416 e. The first-order chi connectivity index (χ1) is 18.1. The molecule has 0 saturated carbocycles. The summed E-state index contributed by atoms with van der Waals surface area (Å²) in [6, 6.07) is 10.2. The van der Waals surface area contributed by atoms with Gasteiger partial charge in [-0.2, -0.15) is 26.3 Å². The monoisotopic (exact) mass is 560 g/mol. The number of benzene rings is 3. The second-order valence-electron chi connectivity index (χ2n) is 8.87. The predicted molar refractivity (Wildman–Crippen MR) is 122 cm³/mol. The van der Waals surface area contributed by atoms with Crippen molar-refractivity contribution in [2.75, 3.05) is 11.5 Å². The Balaban J connectivity index is 1.72. The standard InChI is InChI=1S/C26H20F8N2O3/c1-14(15-10-17(25(29,30)31)12-18(11-15)26(32,33)34)39-13-24(16-6-3-2-4-7-16)22(37)36(23(38)35-24)21-19(27)8-5-9-20(21)28/h2-12,14,22,37H,13H2,1H3,(H,35,38)/t14-,22?,24-/m1/s1. The van der Waals surface area contributed by atoms with Crippen molar-refractivity contribution in [3.05, 3.63) is 101 Å². The molecule has 1 aliphatic heterocycles. The van der Waals surface area contributed by atoms with Crippen LogP contribution in [0.3, 0.4) is 0 Å². The molecule has 13 heteroatoms. The molecule has 3 atom stereocenters. The molecule has 0 aromatic heterocycles. The number of urea groups is 1. The average molecular weight is 560 g/mol. The third-order valence-corrected chi connectivity index (χ3v) is 6.34. The molecule has 0 aliphatic carbocycles. The number of rotatable bonds is 6. The van der Waals surface area contributed by atoms with Crippen LogP contribution < -0.4 is 10.2 Å². The van der Waals surface area contributed by atoms with Crippen molar-refractivity contribution in [1.82, 2.24) is 5.32 Å². The van der Waals surface area contributed by atoms with Crippen LogP contribution in [0, 0.1) is 11.6 Å². The Labute approximate surface area is 216 Å². The van der Waals surface area contributed by atoms with E-state index in [2.05, 4.69) is 5.32 Å². The van der Waals surface area contributed by atoms with Gasteiger partial charge in [0.25, 0.3) is 0 Å². The molecule has 5 nitrogen and oxygen atoms in total. The number of aliphatic hydroxyl groups excluding tert-OH is 1. The van der Waals surface area contributed by atoms with Gasteiger partial charge in [-0.3, -0.25) is 4.90 Å². The highest BCUT2D eigenvalue weighted by atomic mass is 19.4. The van der Waals surface area contributed by atoms with E-state index in [4.69, 9.17) is 4.74 Å². The van der Waals surface area contributed by atoms with Crippen LogP contribution >= 0.6 is 0 Å². The summed E-state index contributed by atoms with van der Waals surface area (Å²) in [6.07, 6.45) is -13.6. The van der Waals surface area contributed by atoms with Crippen molar-refractivity contribution in [3.8, 4) is 0 Å². The maximum absolute atomic E-state index is 14.5. The molecule has 2 amide bonds. The van der Waals surface area contributed by atoms with Crippen LogP contribution in [0.25, 0.3) is 0 Å².